The topological polar surface area (TPSA) is 43.8 Å². The first-order valence-electron chi connectivity index (χ1n) is 5.30. The normalized spacial score (nSPS) is 10.6. The minimum Gasteiger partial charge on any atom is -0.397 e. The lowest BCUT2D eigenvalue weighted by Gasteiger charge is -2.10. The van der Waals surface area contributed by atoms with Crippen LogP contribution in [0.3, 0.4) is 0 Å². The van der Waals surface area contributed by atoms with Gasteiger partial charge in [0.05, 0.1) is 11.4 Å². The predicted octanol–water partition coefficient (Wildman–Crippen LogP) is 3.01. The van der Waals surface area contributed by atoms with E-state index in [9.17, 15) is 0 Å². The van der Waals surface area contributed by atoms with Crippen molar-refractivity contribution in [2.24, 2.45) is 0 Å². The number of aryl methyl sites for hydroxylation is 1. The molecule has 0 aliphatic heterocycles. The van der Waals surface area contributed by atoms with E-state index in [1.54, 1.807) is 0 Å². The Morgan fingerprint density at radius 2 is 2.25 bits per heavy atom. The summed E-state index contributed by atoms with van der Waals surface area (Å²) in [6.45, 7) is 2.15. The Morgan fingerprint density at radius 1 is 1.44 bits per heavy atom. The summed E-state index contributed by atoms with van der Waals surface area (Å²) in [5.41, 5.74) is 7.83. The third-order valence-electron chi connectivity index (χ3n) is 2.44. The Morgan fingerprint density at radius 3 is 2.94 bits per heavy atom. The number of halogens is 1. The van der Waals surface area contributed by atoms with Crippen LogP contribution in [-0.2, 0) is 6.42 Å². The zero-order valence-electron chi connectivity index (χ0n) is 9.15. The first-order chi connectivity index (χ1) is 7.72. The van der Waals surface area contributed by atoms with Crippen LogP contribution in [0.1, 0.15) is 19.2 Å². The van der Waals surface area contributed by atoms with Crippen molar-refractivity contribution in [1.29, 1.82) is 0 Å². The highest BCUT2D eigenvalue weighted by atomic mass is 127. The summed E-state index contributed by atoms with van der Waals surface area (Å²) < 4.78 is 3.21. The van der Waals surface area contributed by atoms with Crippen LogP contribution in [-0.4, -0.2) is 9.55 Å². The minimum atomic E-state index is 0.794. The third-order valence-corrected chi connectivity index (χ3v) is 3.11. The number of hydrogen-bond acceptors (Lipinski definition) is 2. The number of nitrogens with two attached hydrogens (primary N) is 1. The van der Waals surface area contributed by atoms with Gasteiger partial charge in [-0.1, -0.05) is 6.92 Å². The highest BCUT2D eigenvalue weighted by Gasteiger charge is 2.07. The van der Waals surface area contributed by atoms with E-state index in [-0.39, 0.29) is 0 Å². The van der Waals surface area contributed by atoms with E-state index < -0.39 is 0 Å². The van der Waals surface area contributed by atoms with Crippen molar-refractivity contribution < 1.29 is 0 Å². The van der Waals surface area contributed by atoms with Crippen molar-refractivity contribution >= 4 is 28.3 Å². The number of aromatic nitrogens is 2. The number of rotatable bonds is 3. The van der Waals surface area contributed by atoms with Gasteiger partial charge in [0, 0.05) is 22.4 Å². The van der Waals surface area contributed by atoms with Crippen LogP contribution in [0.15, 0.2) is 30.6 Å². The molecule has 1 aromatic heterocycles. The lowest BCUT2D eigenvalue weighted by molar-refractivity contribution is 0.810. The molecule has 0 unspecified atom stereocenters. The molecule has 0 amide bonds. The number of nitrogens with zero attached hydrogens (tertiary/aromatic N) is 2. The van der Waals surface area contributed by atoms with Gasteiger partial charge < -0.3 is 10.3 Å². The number of nitrogen functional groups attached to an aromatic ring is 1. The molecule has 0 bridgehead atoms. The van der Waals surface area contributed by atoms with E-state index in [1.807, 2.05) is 24.5 Å². The summed E-state index contributed by atoms with van der Waals surface area (Å²) in [5, 5.41) is 0. The average molecular weight is 327 g/mol. The fraction of sp³-hybridized carbons (Fsp3) is 0.250. The highest BCUT2D eigenvalue weighted by Crippen LogP contribution is 2.21. The van der Waals surface area contributed by atoms with Crippen molar-refractivity contribution in [3.8, 4) is 5.69 Å². The molecule has 0 atom stereocenters. The second-order valence-corrected chi connectivity index (χ2v) is 4.91. The number of anilines is 1. The van der Waals surface area contributed by atoms with Crippen LogP contribution in [0.4, 0.5) is 5.69 Å². The molecule has 2 rings (SSSR count). The van der Waals surface area contributed by atoms with Crippen LogP contribution in [0, 0.1) is 3.57 Å². The smallest absolute Gasteiger partial charge is 0.113 e. The summed E-state index contributed by atoms with van der Waals surface area (Å²) >= 11 is 2.26. The molecule has 0 aliphatic rings. The molecule has 0 radical (unpaired) electrons. The lowest BCUT2D eigenvalue weighted by atomic mass is 10.2. The molecule has 0 aliphatic carbocycles. The zero-order chi connectivity index (χ0) is 11.5. The van der Waals surface area contributed by atoms with Crippen LogP contribution >= 0.6 is 22.6 Å². The molecule has 4 heteroatoms. The highest BCUT2D eigenvalue weighted by molar-refractivity contribution is 14.1. The maximum Gasteiger partial charge on any atom is 0.113 e. The molecule has 0 saturated carbocycles. The summed E-state index contributed by atoms with van der Waals surface area (Å²) in [5.74, 6) is 1.07. The van der Waals surface area contributed by atoms with Crippen LogP contribution < -0.4 is 5.73 Å². The summed E-state index contributed by atoms with van der Waals surface area (Å²) in [6, 6.07) is 6.07. The number of imidazole rings is 1. The first kappa shape index (κ1) is 11.4. The molecule has 84 valence electrons. The molecule has 0 spiro atoms. The fourth-order valence-corrected chi connectivity index (χ4v) is 2.22. The van der Waals surface area contributed by atoms with Gasteiger partial charge in [-0.3, -0.25) is 0 Å². The predicted molar refractivity (Wildman–Crippen MR) is 74.7 cm³/mol. The molecule has 0 fully saturated rings. The van der Waals surface area contributed by atoms with Gasteiger partial charge >= 0.3 is 0 Å². The average Bonchev–Trinajstić information content (AvgIpc) is 2.67. The molecule has 2 aromatic rings. The SMILES string of the molecule is CCCc1nccn1-c1ccc(I)cc1N. The zero-order valence-corrected chi connectivity index (χ0v) is 11.3. The molecular formula is C12H14IN3. The van der Waals surface area contributed by atoms with Gasteiger partial charge in [0.15, 0.2) is 0 Å². The molecule has 3 nitrogen and oxygen atoms in total. The Kier molecular flexibility index (Phi) is 3.48. The van der Waals surface area contributed by atoms with Gasteiger partial charge in [-0.15, -0.1) is 0 Å². The van der Waals surface area contributed by atoms with Gasteiger partial charge in [0.25, 0.3) is 0 Å². The number of hydrogen-bond donors (Lipinski definition) is 1. The second-order valence-electron chi connectivity index (χ2n) is 3.67. The number of benzene rings is 1. The molecular weight excluding hydrogens is 313 g/mol. The van der Waals surface area contributed by atoms with Gasteiger partial charge in [-0.2, -0.15) is 0 Å². The van der Waals surface area contributed by atoms with E-state index in [0.29, 0.717) is 0 Å². The van der Waals surface area contributed by atoms with E-state index in [2.05, 4.69) is 45.1 Å². The Labute approximate surface area is 109 Å². The first-order valence-corrected chi connectivity index (χ1v) is 6.38. The van der Waals surface area contributed by atoms with Crippen molar-refractivity contribution in [2.45, 2.75) is 19.8 Å². The van der Waals surface area contributed by atoms with E-state index in [4.69, 9.17) is 5.73 Å². The van der Waals surface area contributed by atoms with Gasteiger partial charge in [0.1, 0.15) is 5.82 Å². The van der Waals surface area contributed by atoms with E-state index >= 15 is 0 Å². The molecule has 2 N–H and O–H groups in total. The third kappa shape index (κ3) is 2.21. The maximum atomic E-state index is 6.02. The standard InChI is InChI=1S/C12H14IN3/c1-2-3-12-15-6-7-16(12)11-5-4-9(13)8-10(11)14/h4-8H,2-3,14H2,1H3. The van der Waals surface area contributed by atoms with Gasteiger partial charge in [-0.05, 0) is 47.2 Å². The van der Waals surface area contributed by atoms with Crippen molar-refractivity contribution in [3.63, 3.8) is 0 Å². The maximum absolute atomic E-state index is 6.02. The van der Waals surface area contributed by atoms with Crippen LogP contribution in [0.5, 0.6) is 0 Å². The summed E-state index contributed by atoms with van der Waals surface area (Å²) in [6.07, 6.45) is 5.84. The monoisotopic (exact) mass is 327 g/mol. The lowest BCUT2D eigenvalue weighted by Crippen LogP contribution is -2.03. The van der Waals surface area contributed by atoms with Crippen LogP contribution in [0.25, 0.3) is 5.69 Å². The Bertz CT molecular complexity index is 491. The summed E-state index contributed by atoms with van der Waals surface area (Å²) in [4.78, 5) is 4.35. The Hall–Kier alpha value is -1.04. The summed E-state index contributed by atoms with van der Waals surface area (Å²) in [7, 11) is 0. The molecule has 1 heterocycles. The van der Waals surface area contributed by atoms with Crippen LogP contribution in [0.2, 0.25) is 0 Å². The van der Waals surface area contributed by atoms with Gasteiger partial charge in [-0.25, -0.2) is 4.98 Å². The van der Waals surface area contributed by atoms with Gasteiger partial charge in [0.2, 0.25) is 0 Å². The second kappa shape index (κ2) is 4.86. The Balaban J connectivity index is 2.46. The quantitative estimate of drug-likeness (QED) is 0.696. The molecule has 1 aromatic carbocycles. The molecule has 0 saturated heterocycles. The van der Waals surface area contributed by atoms with E-state index in [1.165, 1.54) is 0 Å². The van der Waals surface area contributed by atoms with Crippen molar-refractivity contribution in [1.82, 2.24) is 9.55 Å². The fourth-order valence-electron chi connectivity index (χ4n) is 1.71. The van der Waals surface area contributed by atoms with Crippen molar-refractivity contribution in [2.75, 3.05) is 5.73 Å². The minimum absolute atomic E-state index is 0.794. The molecule has 16 heavy (non-hydrogen) atoms. The van der Waals surface area contributed by atoms with Crippen molar-refractivity contribution in [3.05, 3.63) is 40.0 Å². The van der Waals surface area contributed by atoms with E-state index in [0.717, 1.165) is 33.6 Å². The largest absolute Gasteiger partial charge is 0.397 e.